The van der Waals surface area contributed by atoms with E-state index < -0.39 is 10.3 Å². The van der Waals surface area contributed by atoms with Crippen LogP contribution < -0.4 is 4.72 Å². The molecule has 78 valence electrons. The van der Waals surface area contributed by atoms with Crippen molar-refractivity contribution in [3.05, 3.63) is 36.4 Å². The van der Waals surface area contributed by atoms with Crippen molar-refractivity contribution in [2.45, 2.75) is 0 Å². The van der Waals surface area contributed by atoms with E-state index in [2.05, 4.69) is 4.98 Å². The second-order valence-corrected chi connectivity index (χ2v) is 4.12. The van der Waals surface area contributed by atoms with Gasteiger partial charge in [-0.15, -0.1) is 0 Å². The van der Waals surface area contributed by atoms with E-state index in [1.54, 1.807) is 18.2 Å². The smallest absolute Gasteiger partial charge is 0.269 e. The van der Waals surface area contributed by atoms with Gasteiger partial charge in [0.1, 0.15) is 5.82 Å². The predicted molar refractivity (Wildman–Crippen MR) is 56.9 cm³/mol. The molecule has 1 aromatic carbocycles. The Bertz CT molecular complexity index is 595. The third-order valence-corrected chi connectivity index (χ3v) is 2.30. The van der Waals surface area contributed by atoms with Crippen LogP contribution in [0.5, 0.6) is 0 Å². The van der Waals surface area contributed by atoms with Crippen LogP contribution in [0.25, 0.3) is 10.9 Å². The van der Waals surface area contributed by atoms with Crippen LogP contribution in [-0.2, 0) is 10.3 Å². The molecule has 2 N–H and O–H groups in total. The van der Waals surface area contributed by atoms with Gasteiger partial charge in [-0.2, -0.15) is 8.42 Å². The Morgan fingerprint density at radius 1 is 1.13 bits per heavy atom. The van der Waals surface area contributed by atoms with Gasteiger partial charge in [-0.1, -0.05) is 18.2 Å². The fourth-order valence-corrected chi connectivity index (χ4v) is 1.63. The molecule has 0 aliphatic rings. The molecule has 1 heterocycles. The average molecular weight is 224 g/mol. The Hall–Kier alpha value is -1.66. The van der Waals surface area contributed by atoms with Gasteiger partial charge in [0.25, 0.3) is 0 Å². The summed E-state index contributed by atoms with van der Waals surface area (Å²) in [6.07, 6.45) is 0. The van der Waals surface area contributed by atoms with Crippen molar-refractivity contribution in [3.8, 4) is 0 Å². The molecule has 6 heteroatoms. The quantitative estimate of drug-likeness (QED) is 0.757. The van der Waals surface area contributed by atoms with Gasteiger partial charge in [-0.25, -0.2) is 9.71 Å². The standard InChI is InChI=1S/C9H8N2O3S/c12-15(13,14)11-9-6-5-7-3-1-2-4-8(7)10-9/h1-6H,(H,10,11)(H,12,13,14). The minimum absolute atomic E-state index is 0.0937. The first kappa shape index (κ1) is 9.88. The van der Waals surface area contributed by atoms with E-state index in [-0.39, 0.29) is 5.82 Å². The zero-order chi connectivity index (χ0) is 10.9. The van der Waals surface area contributed by atoms with Gasteiger partial charge in [0.05, 0.1) is 5.52 Å². The lowest BCUT2D eigenvalue weighted by molar-refractivity contribution is 0.489. The van der Waals surface area contributed by atoms with Crippen molar-refractivity contribution in [2.75, 3.05) is 4.72 Å². The molecule has 1 aromatic heterocycles. The Morgan fingerprint density at radius 3 is 2.60 bits per heavy atom. The number of nitrogens with zero attached hydrogens (tertiary/aromatic N) is 1. The van der Waals surface area contributed by atoms with Crippen molar-refractivity contribution in [1.82, 2.24) is 4.98 Å². The second-order valence-electron chi connectivity index (χ2n) is 2.97. The Kier molecular flexibility index (Phi) is 2.29. The van der Waals surface area contributed by atoms with E-state index in [4.69, 9.17) is 4.55 Å². The summed E-state index contributed by atoms with van der Waals surface area (Å²) in [5.41, 5.74) is 0.658. The lowest BCUT2D eigenvalue weighted by Crippen LogP contribution is -2.11. The predicted octanol–water partition coefficient (Wildman–Crippen LogP) is 1.45. The molecular weight excluding hydrogens is 216 g/mol. The van der Waals surface area contributed by atoms with E-state index in [9.17, 15) is 8.42 Å². The number of nitrogens with one attached hydrogen (secondary N) is 1. The minimum atomic E-state index is -4.26. The van der Waals surface area contributed by atoms with E-state index in [1.165, 1.54) is 6.07 Å². The summed E-state index contributed by atoms with van der Waals surface area (Å²) in [5, 5.41) is 0.901. The number of hydrogen-bond donors (Lipinski definition) is 2. The monoisotopic (exact) mass is 224 g/mol. The van der Waals surface area contributed by atoms with Gasteiger partial charge >= 0.3 is 10.3 Å². The van der Waals surface area contributed by atoms with E-state index in [0.29, 0.717) is 5.52 Å². The number of hydrogen-bond acceptors (Lipinski definition) is 3. The average Bonchev–Trinajstić information content (AvgIpc) is 2.15. The van der Waals surface area contributed by atoms with Gasteiger partial charge in [0.2, 0.25) is 0 Å². The van der Waals surface area contributed by atoms with Crippen LogP contribution in [0.4, 0.5) is 5.82 Å². The number of anilines is 1. The highest BCUT2D eigenvalue weighted by Gasteiger charge is 2.05. The molecule has 2 rings (SSSR count). The Balaban J connectivity index is 2.48. The molecule has 0 saturated heterocycles. The summed E-state index contributed by atoms with van der Waals surface area (Å²) >= 11 is 0. The number of aromatic nitrogens is 1. The summed E-state index contributed by atoms with van der Waals surface area (Å²) in [5.74, 6) is 0.0937. The Labute approximate surface area is 86.6 Å². The summed E-state index contributed by atoms with van der Waals surface area (Å²) in [6.45, 7) is 0. The third kappa shape index (κ3) is 2.42. The van der Waals surface area contributed by atoms with Gasteiger partial charge < -0.3 is 0 Å². The summed E-state index contributed by atoms with van der Waals surface area (Å²) in [4.78, 5) is 4.01. The number of fused-ring (bicyclic) bond motifs is 1. The highest BCUT2D eigenvalue weighted by Crippen LogP contribution is 2.14. The van der Waals surface area contributed by atoms with Crippen LogP contribution in [0, 0.1) is 0 Å². The first-order valence-electron chi connectivity index (χ1n) is 4.16. The number of pyridine rings is 1. The van der Waals surface area contributed by atoms with Crippen LogP contribution in [0.2, 0.25) is 0 Å². The lowest BCUT2D eigenvalue weighted by atomic mass is 10.2. The minimum Gasteiger partial charge on any atom is -0.269 e. The first-order valence-corrected chi connectivity index (χ1v) is 5.60. The lowest BCUT2D eigenvalue weighted by Gasteiger charge is -2.02. The first-order chi connectivity index (χ1) is 7.04. The Morgan fingerprint density at radius 2 is 1.87 bits per heavy atom. The van der Waals surface area contributed by atoms with Crippen LogP contribution in [0.15, 0.2) is 36.4 Å². The maximum absolute atomic E-state index is 10.5. The highest BCUT2D eigenvalue weighted by atomic mass is 32.2. The van der Waals surface area contributed by atoms with Crippen molar-refractivity contribution < 1.29 is 13.0 Å². The van der Waals surface area contributed by atoms with Crippen molar-refractivity contribution in [3.63, 3.8) is 0 Å². The fraction of sp³-hybridized carbons (Fsp3) is 0. The molecule has 2 aromatic rings. The molecule has 0 spiro atoms. The number of rotatable bonds is 2. The van der Waals surface area contributed by atoms with E-state index in [0.717, 1.165) is 5.39 Å². The SMILES string of the molecule is O=S(=O)(O)Nc1ccc2ccccc2n1. The summed E-state index contributed by atoms with van der Waals surface area (Å²) in [6, 6.07) is 10.5. The molecule has 0 fully saturated rings. The zero-order valence-corrected chi connectivity index (χ0v) is 8.40. The summed E-state index contributed by atoms with van der Waals surface area (Å²) < 4.78 is 31.5. The molecule has 0 atom stereocenters. The van der Waals surface area contributed by atoms with Gasteiger partial charge in [0, 0.05) is 5.39 Å². The molecule has 0 aliphatic heterocycles. The van der Waals surface area contributed by atoms with Crippen LogP contribution in [0.3, 0.4) is 0 Å². The van der Waals surface area contributed by atoms with Crippen molar-refractivity contribution in [2.24, 2.45) is 0 Å². The normalized spacial score (nSPS) is 11.5. The van der Waals surface area contributed by atoms with E-state index in [1.807, 2.05) is 16.9 Å². The molecule has 0 radical (unpaired) electrons. The number of para-hydroxylation sites is 1. The molecule has 5 nitrogen and oxygen atoms in total. The van der Waals surface area contributed by atoms with Gasteiger partial charge in [-0.05, 0) is 18.2 Å². The molecular formula is C9H8N2O3S. The largest absolute Gasteiger partial charge is 0.358 e. The second kappa shape index (κ2) is 3.48. The molecule has 0 aliphatic carbocycles. The van der Waals surface area contributed by atoms with Gasteiger partial charge in [-0.3, -0.25) is 4.55 Å². The van der Waals surface area contributed by atoms with E-state index >= 15 is 0 Å². The number of benzene rings is 1. The molecule has 0 bridgehead atoms. The van der Waals surface area contributed by atoms with Crippen LogP contribution >= 0.6 is 0 Å². The molecule has 0 saturated carbocycles. The van der Waals surface area contributed by atoms with Crippen LogP contribution in [-0.4, -0.2) is 18.0 Å². The molecule has 15 heavy (non-hydrogen) atoms. The summed E-state index contributed by atoms with van der Waals surface area (Å²) in [7, 11) is -4.26. The van der Waals surface area contributed by atoms with Crippen molar-refractivity contribution in [1.29, 1.82) is 0 Å². The topological polar surface area (TPSA) is 79.3 Å². The fourth-order valence-electron chi connectivity index (χ4n) is 1.26. The van der Waals surface area contributed by atoms with Crippen molar-refractivity contribution >= 4 is 27.0 Å². The van der Waals surface area contributed by atoms with Gasteiger partial charge in [0.15, 0.2) is 0 Å². The molecule has 0 unspecified atom stereocenters. The zero-order valence-electron chi connectivity index (χ0n) is 7.58. The highest BCUT2D eigenvalue weighted by molar-refractivity contribution is 7.87. The maximum atomic E-state index is 10.5. The molecule has 0 amide bonds. The third-order valence-electron chi connectivity index (χ3n) is 1.83. The maximum Gasteiger partial charge on any atom is 0.358 e. The van der Waals surface area contributed by atoms with Crippen LogP contribution in [0.1, 0.15) is 0 Å².